The molecule has 0 fully saturated rings. The monoisotopic (exact) mass is 475 g/mol. The van der Waals surface area contributed by atoms with E-state index in [0.29, 0.717) is 22.9 Å². The standard InChI is InChI=1S/C19H18BrN5O3S/c1-2-3-18-22-23-19(29-12-13-4-7-15(20)8-5-13)24(18)21-11-14-6-9-17(26)16(10-14)25(27)28/h4-11,26H,2-3,12H2,1H3/b21-11-. The molecule has 0 aliphatic rings. The Kier molecular flexibility index (Phi) is 6.99. The average molecular weight is 476 g/mol. The normalized spacial score (nSPS) is 11.2. The topological polar surface area (TPSA) is 106 Å². The number of hydrogen-bond donors (Lipinski definition) is 1. The number of phenols is 1. The van der Waals surface area contributed by atoms with E-state index in [9.17, 15) is 15.2 Å². The predicted octanol–water partition coefficient (Wildman–Crippen LogP) is 4.78. The molecule has 1 aromatic heterocycles. The molecule has 29 heavy (non-hydrogen) atoms. The largest absolute Gasteiger partial charge is 0.502 e. The van der Waals surface area contributed by atoms with E-state index in [1.807, 2.05) is 31.2 Å². The van der Waals surface area contributed by atoms with Gasteiger partial charge in [-0.15, -0.1) is 10.2 Å². The zero-order chi connectivity index (χ0) is 20.8. The van der Waals surface area contributed by atoms with Crippen LogP contribution in [0.5, 0.6) is 5.75 Å². The zero-order valence-electron chi connectivity index (χ0n) is 15.5. The summed E-state index contributed by atoms with van der Waals surface area (Å²) < 4.78 is 2.68. The Labute approximate surface area is 180 Å². The van der Waals surface area contributed by atoms with Gasteiger partial charge in [-0.25, -0.2) is 0 Å². The number of rotatable bonds is 8. The molecule has 3 aromatic rings. The van der Waals surface area contributed by atoms with E-state index in [-0.39, 0.29) is 11.4 Å². The summed E-state index contributed by atoms with van der Waals surface area (Å²) in [5.74, 6) is 1.04. The molecule has 0 saturated carbocycles. The van der Waals surface area contributed by atoms with Gasteiger partial charge in [-0.05, 0) is 36.2 Å². The van der Waals surface area contributed by atoms with E-state index in [0.717, 1.165) is 22.3 Å². The molecule has 0 bridgehead atoms. The molecule has 2 aromatic carbocycles. The van der Waals surface area contributed by atoms with E-state index >= 15 is 0 Å². The fraction of sp³-hybridized carbons (Fsp3) is 0.211. The van der Waals surface area contributed by atoms with Gasteiger partial charge in [-0.3, -0.25) is 10.1 Å². The zero-order valence-corrected chi connectivity index (χ0v) is 17.9. The van der Waals surface area contributed by atoms with Crippen molar-refractivity contribution in [1.82, 2.24) is 14.9 Å². The maximum Gasteiger partial charge on any atom is 0.311 e. The molecule has 0 atom stereocenters. The van der Waals surface area contributed by atoms with Crippen molar-refractivity contribution in [2.45, 2.75) is 30.7 Å². The third kappa shape index (κ3) is 5.42. The Morgan fingerprint density at radius 1 is 1.28 bits per heavy atom. The first-order valence-corrected chi connectivity index (χ1v) is 10.6. The van der Waals surface area contributed by atoms with Crippen molar-refractivity contribution in [1.29, 1.82) is 0 Å². The van der Waals surface area contributed by atoms with Crippen LogP contribution in [0.4, 0.5) is 5.69 Å². The number of hydrogen-bond acceptors (Lipinski definition) is 7. The van der Waals surface area contributed by atoms with Gasteiger partial charge in [0.05, 0.1) is 11.1 Å². The number of thioether (sulfide) groups is 1. The number of nitro groups is 1. The van der Waals surface area contributed by atoms with Crippen molar-refractivity contribution in [2.75, 3.05) is 0 Å². The second-order valence-electron chi connectivity index (χ2n) is 6.13. The highest BCUT2D eigenvalue weighted by Gasteiger charge is 2.14. The molecular formula is C19H18BrN5O3S. The Morgan fingerprint density at radius 3 is 2.72 bits per heavy atom. The minimum Gasteiger partial charge on any atom is -0.502 e. The lowest BCUT2D eigenvalue weighted by atomic mass is 10.2. The number of nitro benzene ring substituents is 1. The number of nitrogens with zero attached hydrogens (tertiary/aromatic N) is 5. The lowest BCUT2D eigenvalue weighted by Gasteiger charge is -2.04. The third-order valence-electron chi connectivity index (χ3n) is 3.95. The van der Waals surface area contributed by atoms with E-state index in [1.165, 1.54) is 30.1 Å². The van der Waals surface area contributed by atoms with Crippen LogP contribution in [0.2, 0.25) is 0 Å². The highest BCUT2D eigenvalue weighted by Crippen LogP contribution is 2.26. The maximum atomic E-state index is 11.0. The molecule has 150 valence electrons. The van der Waals surface area contributed by atoms with Crippen molar-refractivity contribution in [2.24, 2.45) is 5.10 Å². The van der Waals surface area contributed by atoms with Gasteiger partial charge < -0.3 is 5.11 Å². The molecule has 0 unspecified atom stereocenters. The van der Waals surface area contributed by atoms with Crippen molar-refractivity contribution in [3.05, 3.63) is 74.0 Å². The van der Waals surface area contributed by atoms with Crippen LogP contribution in [0.25, 0.3) is 0 Å². The summed E-state index contributed by atoms with van der Waals surface area (Å²) in [6.07, 6.45) is 3.09. The lowest BCUT2D eigenvalue weighted by molar-refractivity contribution is -0.385. The molecule has 0 aliphatic heterocycles. The first kappa shape index (κ1) is 21.0. The van der Waals surface area contributed by atoms with Gasteiger partial charge in [-0.2, -0.15) is 9.78 Å². The van der Waals surface area contributed by atoms with Crippen LogP contribution in [0.3, 0.4) is 0 Å². The van der Waals surface area contributed by atoms with Gasteiger partial charge in [0, 0.05) is 28.3 Å². The molecule has 0 radical (unpaired) electrons. The van der Waals surface area contributed by atoms with E-state index < -0.39 is 4.92 Å². The molecular weight excluding hydrogens is 458 g/mol. The molecule has 1 heterocycles. The minimum atomic E-state index is -0.631. The van der Waals surface area contributed by atoms with Gasteiger partial charge in [0.2, 0.25) is 5.16 Å². The van der Waals surface area contributed by atoms with Crippen molar-refractivity contribution < 1.29 is 10.0 Å². The van der Waals surface area contributed by atoms with Crippen LogP contribution in [0, 0.1) is 10.1 Å². The van der Waals surface area contributed by atoms with Crippen LogP contribution >= 0.6 is 27.7 Å². The maximum absolute atomic E-state index is 11.0. The Hall–Kier alpha value is -2.72. The number of aromatic nitrogens is 3. The molecule has 3 rings (SSSR count). The second-order valence-corrected chi connectivity index (χ2v) is 7.98. The lowest BCUT2D eigenvalue weighted by Crippen LogP contribution is -2.00. The number of aryl methyl sites for hydroxylation is 1. The summed E-state index contributed by atoms with van der Waals surface area (Å²) in [7, 11) is 0. The Bertz CT molecular complexity index is 1040. The number of aromatic hydroxyl groups is 1. The number of halogens is 1. The predicted molar refractivity (Wildman–Crippen MR) is 115 cm³/mol. The van der Waals surface area contributed by atoms with Gasteiger partial charge in [0.1, 0.15) is 0 Å². The van der Waals surface area contributed by atoms with Gasteiger partial charge in [0.15, 0.2) is 11.6 Å². The first-order chi connectivity index (χ1) is 14.0. The molecule has 1 N–H and O–H groups in total. The quantitative estimate of drug-likeness (QED) is 0.217. The molecule has 0 spiro atoms. The molecule has 0 saturated heterocycles. The van der Waals surface area contributed by atoms with Gasteiger partial charge in [0.25, 0.3) is 0 Å². The number of phenolic OH excluding ortho intramolecular Hbond substituents is 1. The van der Waals surface area contributed by atoms with Crippen LogP contribution in [-0.2, 0) is 12.2 Å². The van der Waals surface area contributed by atoms with Crippen LogP contribution in [-0.4, -0.2) is 31.1 Å². The number of benzene rings is 2. The summed E-state index contributed by atoms with van der Waals surface area (Å²) in [4.78, 5) is 10.4. The molecule has 8 nitrogen and oxygen atoms in total. The fourth-order valence-electron chi connectivity index (χ4n) is 2.50. The van der Waals surface area contributed by atoms with Crippen molar-refractivity contribution >= 4 is 39.6 Å². The van der Waals surface area contributed by atoms with Crippen molar-refractivity contribution in [3.63, 3.8) is 0 Å². The molecule has 10 heteroatoms. The van der Waals surface area contributed by atoms with Gasteiger partial charge >= 0.3 is 5.69 Å². The Balaban J connectivity index is 1.84. The second kappa shape index (κ2) is 9.66. The van der Waals surface area contributed by atoms with Gasteiger partial charge in [-0.1, -0.05) is 46.7 Å². The average Bonchev–Trinajstić information content (AvgIpc) is 3.08. The van der Waals surface area contributed by atoms with Crippen LogP contribution in [0.15, 0.2) is 57.2 Å². The van der Waals surface area contributed by atoms with Crippen LogP contribution < -0.4 is 0 Å². The Morgan fingerprint density at radius 2 is 2.03 bits per heavy atom. The summed E-state index contributed by atoms with van der Waals surface area (Å²) in [6, 6.07) is 12.1. The molecule has 0 aliphatic carbocycles. The van der Waals surface area contributed by atoms with Crippen molar-refractivity contribution in [3.8, 4) is 5.75 Å². The summed E-state index contributed by atoms with van der Waals surface area (Å²) >= 11 is 4.93. The molecule has 0 amide bonds. The van der Waals surface area contributed by atoms with Crippen LogP contribution in [0.1, 0.15) is 30.3 Å². The highest BCUT2D eigenvalue weighted by molar-refractivity contribution is 9.10. The fourth-order valence-corrected chi connectivity index (χ4v) is 3.63. The SMILES string of the molecule is CCCc1nnc(SCc2ccc(Br)cc2)n1/N=C\c1ccc(O)c([N+](=O)[O-])c1. The van der Waals surface area contributed by atoms with E-state index in [4.69, 9.17) is 0 Å². The van der Waals surface area contributed by atoms with E-state index in [2.05, 4.69) is 31.2 Å². The highest BCUT2D eigenvalue weighted by atomic mass is 79.9. The summed E-state index contributed by atoms with van der Waals surface area (Å²) in [6.45, 7) is 2.04. The summed E-state index contributed by atoms with van der Waals surface area (Å²) in [5.41, 5.74) is 1.27. The third-order valence-corrected chi connectivity index (χ3v) is 5.47. The first-order valence-electron chi connectivity index (χ1n) is 8.81. The van der Waals surface area contributed by atoms with E-state index in [1.54, 1.807) is 10.7 Å². The minimum absolute atomic E-state index is 0.365. The smallest absolute Gasteiger partial charge is 0.311 e. The summed E-state index contributed by atoms with van der Waals surface area (Å²) in [5, 5.41) is 34.2.